The van der Waals surface area contributed by atoms with Crippen LogP contribution in [0.15, 0.2) is 66.7 Å². The van der Waals surface area contributed by atoms with E-state index in [9.17, 15) is 4.79 Å². The molecule has 0 aliphatic heterocycles. The maximum atomic E-state index is 12.3. The number of hydrogen-bond donors (Lipinski definition) is 1. The van der Waals surface area contributed by atoms with Gasteiger partial charge in [0.05, 0.1) is 18.4 Å². The summed E-state index contributed by atoms with van der Waals surface area (Å²) >= 11 is 1.48. The molecule has 0 aliphatic carbocycles. The van der Waals surface area contributed by atoms with Crippen molar-refractivity contribution in [3.63, 3.8) is 0 Å². The van der Waals surface area contributed by atoms with Crippen LogP contribution < -0.4 is 5.32 Å². The second kappa shape index (κ2) is 7.88. The van der Waals surface area contributed by atoms with E-state index in [1.54, 1.807) is 31.0 Å². The quantitative estimate of drug-likeness (QED) is 0.559. The van der Waals surface area contributed by atoms with Crippen molar-refractivity contribution >= 4 is 17.2 Å². The van der Waals surface area contributed by atoms with Crippen LogP contribution in [0.5, 0.6) is 0 Å². The van der Waals surface area contributed by atoms with Crippen molar-refractivity contribution in [1.29, 1.82) is 0 Å². The number of thiazole rings is 1. The summed E-state index contributed by atoms with van der Waals surface area (Å²) in [5, 5.41) is 5.60. The maximum absolute atomic E-state index is 12.3. The SMILES string of the molecule is O=C(Cn1ccnc1-c1ccccc1)NCc1csc(-c2cnccn2)n1. The number of hydrogen-bond acceptors (Lipinski definition) is 6. The van der Waals surface area contributed by atoms with Crippen LogP contribution in [-0.4, -0.2) is 30.4 Å². The van der Waals surface area contributed by atoms with E-state index in [2.05, 4.69) is 25.3 Å². The maximum Gasteiger partial charge on any atom is 0.240 e. The monoisotopic (exact) mass is 376 g/mol. The number of benzene rings is 1. The van der Waals surface area contributed by atoms with Gasteiger partial charge in [0.15, 0.2) is 0 Å². The van der Waals surface area contributed by atoms with Gasteiger partial charge in [0.25, 0.3) is 0 Å². The molecule has 134 valence electrons. The number of carbonyl (C=O) groups is 1. The molecule has 0 spiro atoms. The van der Waals surface area contributed by atoms with Gasteiger partial charge in [-0.15, -0.1) is 11.3 Å². The molecule has 27 heavy (non-hydrogen) atoms. The highest BCUT2D eigenvalue weighted by Crippen LogP contribution is 2.20. The van der Waals surface area contributed by atoms with E-state index in [4.69, 9.17) is 0 Å². The number of imidazole rings is 1. The molecule has 1 N–H and O–H groups in total. The molecule has 1 aromatic carbocycles. The number of aromatic nitrogens is 5. The lowest BCUT2D eigenvalue weighted by Gasteiger charge is -2.08. The topological polar surface area (TPSA) is 85.6 Å². The van der Waals surface area contributed by atoms with Gasteiger partial charge in [-0.1, -0.05) is 30.3 Å². The highest BCUT2D eigenvalue weighted by molar-refractivity contribution is 7.13. The van der Waals surface area contributed by atoms with Gasteiger partial charge < -0.3 is 9.88 Å². The van der Waals surface area contributed by atoms with Crippen LogP contribution in [-0.2, 0) is 17.9 Å². The third-order valence-electron chi connectivity index (χ3n) is 3.86. The molecule has 0 saturated heterocycles. The summed E-state index contributed by atoms with van der Waals surface area (Å²) in [5.74, 6) is 0.670. The molecular formula is C19H16N6OS. The standard InChI is InChI=1S/C19H16N6OS/c26-17(12-25-9-8-22-18(25)14-4-2-1-3-5-14)23-10-15-13-27-19(24-15)16-11-20-6-7-21-16/h1-9,11,13H,10,12H2,(H,23,26). The zero-order chi connectivity index (χ0) is 18.5. The first-order valence-corrected chi connectivity index (χ1v) is 9.21. The molecule has 7 nitrogen and oxygen atoms in total. The fourth-order valence-electron chi connectivity index (χ4n) is 2.60. The molecule has 0 aliphatic rings. The molecule has 0 fully saturated rings. The van der Waals surface area contributed by atoms with Crippen LogP contribution in [0.25, 0.3) is 22.1 Å². The van der Waals surface area contributed by atoms with Crippen molar-refractivity contribution in [2.24, 2.45) is 0 Å². The summed E-state index contributed by atoms with van der Waals surface area (Å²) in [4.78, 5) is 29.5. The number of rotatable bonds is 6. The average Bonchev–Trinajstić information content (AvgIpc) is 3.37. The van der Waals surface area contributed by atoms with Gasteiger partial charge in [-0.3, -0.25) is 14.8 Å². The van der Waals surface area contributed by atoms with Gasteiger partial charge in [0, 0.05) is 35.7 Å². The van der Waals surface area contributed by atoms with Crippen molar-refractivity contribution < 1.29 is 4.79 Å². The lowest BCUT2D eigenvalue weighted by molar-refractivity contribution is -0.121. The second-order valence-corrected chi connectivity index (χ2v) is 6.61. The molecular weight excluding hydrogens is 360 g/mol. The Morgan fingerprint density at radius 3 is 2.81 bits per heavy atom. The fraction of sp³-hybridized carbons (Fsp3) is 0.105. The van der Waals surface area contributed by atoms with Crippen molar-refractivity contribution in [2.45, 2.75) is 13.1 Å². The van der Waals surface area contributed by atoms with Gasteiger partial charge >= 0.3 is 0 Å². The van der Waals surface area contributed by atoms with E-state index < -0.39 is 0 Å². The Morgan fingerprint density at radius 2 is 2.00 bits per heavy atom. The minimum absolute atomic E-state index is 0.0979. The van der Waals surface area contributed by atoms with E-state index in [0.29, 0.717) is 6.54 Å². The van der Waals surface area contributed by atoms with Gasteiger partial charge in [0.2, 0.25) is 5.91 Å². The summed E-state index contributed by atoms with van der Waals surface area (Å²) < 4.78 is 1.83. The van der Waals surface area contributed by atoms with E-state index >= 15 is 0 Å². The van der Waals surface area contributed by atoms with Gasteiger partial charge in [-0.25, -0.2) is 9.97 Å². The first kappa shape index (κ1) is 17.0. The van der Waals surface area contributed by atoms with Crippen LogP contribution in [0.3, 0.4) is 0 Å². The molecule has 1 amide bonds. The highest BCUT2D eigenvalue weighted by atomic mass is 32.1. The number of nitrogens with zero attached hydrogens (tertiary/aromatic N) is 5. The molecule has 3 aromatic heterocycles. The number of nitrogens with one attached hydrogen (secondary N) is 1. The van der Waals surface area contributed by atoms with Crippen LogP contribution >= 0.6 is 11.3 Å². The zero-order valence-electron chi connectivity index (χ0n) is 14.3. The third-order valence-corrected chi connectivity index (χ3v) is 4.78. The van der Waals surface area contributed by atoms with Crippen LogP contribution in [0.4, 0.5) is 0 Å². The van der Waals surface area contributed by atoms with Gasteiger partial charge in [-0.2, -0.15) is 0 Å². The van der Waals surface area contributed by atoms with Gasteiger partial charge in [0.1, 0.15) is 23.1 Å². The van der Waals surface area contributed by atoms with Gasteiger partial charge in [-0.05, 0) is 0 Å². The van der Waals surface area contributed by atoms with Crippen LogP contribution in [0.1, 0.15) is 5.69 Å². The summed E-state index contributed by atoms with van der Waals surface area (Å²) in [7, 11) is 0. The van der Waals surface area contributed by atoms with Crippen LogP contribution in [0, 0.1) is 0 Å². The summed E-state index contributed by atoms with van der Waals surface area (Å²) in [6, 6.07) is 9.80. The summed E-state index contributed by atoms with van der Waals surface area (Å²) in [6.45, 7) is 0.566. The van der Waals surface area contributed by atoms with Crippen molar-refractivity contribution in [3.05, 3.63) is 72.4 Å². The fourth-order valence-corrected chi connectivity index (χ4v) is 3.38. The third kappa shape index (κ3) is 4.06. The Morgan fingerprint density at radius 1 is 1.11 bits per heavy atom. The first-order chi connectivity index (χ1) is 13.3. The number of carbonyl (C=O) groups excluding carboxylic acids is 1. The number of amides is 1. The Balaban J connectivity index is 1.37. The minimum atomic E-state index is -0.0979. The van der Waals surface area contributed by atoms with Crippen molar-refractivity contribution in [2.75, 3.05) is 0 Å². The normalized spacial score (nSPS) is 10.7. The Labute approximate surface area is 159 Å². The van der Waals surface area contributed by atoms with Crippen LogP contribution in [0.2, 0.25) is 0 Å². The van der Waals surface area contributed by atoms with E-state index in [1.807, 2.05) is 40.3 Å². The largest absolute Gasteiger partial charge is 0.349 e. The predicted molar refractivity (Wildman–Crippen MR) is 103 cm³/mol. The second-order valence-electron chi connectivity index (χ2n) is 5.76. The Kier molecular flexibility index (Phi) is 4.97. The molecule has 8 heteroatoms. The molecule has 0 atom stereocenters. The molecule has 0 unspecified atom stereocenters. The van der Waals surface area contributed by atoms with E-state index in [1.165, 1.54) is 11.3 Å². The molecule has 0 radical (unpaired) electrons. The molecule has 4 rings (SSSR count). The lowest BCUT2D eigenvalue weighted by Crippen LogP contribution is -2.27. The highest BCUT2D eigenvalue weighted by Gasteiger charge is 2.11. The molecule has 0 bridgehead atoms. The molecule has 4 aromatic rings. The Bertz CT molecular complexity index is 1030. The molecule has 0 saturated carbocycles. The van der Waals surface area contributed by atoms with E-state index in [-0.39, 0.29) is 12.5 Å². The first-order valence-electron chi connectivity index (χ1n) is 8.33. The van der Waals surface area contributed by atoms with Crippen molar-refractivity contribution in [1.82, 2.24) is 29.8 Å². The molecule has 3 heterocycles. The summed E-state index contributed by atoms with van der Waals surface area (Å²) in [6.07, 6.45) is 8.43. The minimum Gasteiger partial charge on any atom is -0.349 e. The van der Waals surface area contributed by atoms with Crippen molar-refractivity contribution in [3.8, 4) is 22.1 Å². The van der Waals surface area contributed by atoms with E-state index in [0.717, 1.165) is 27.8 Å². The average molecular weight is 376 g/mol. The zero-order valence-corrected chi connectivity index (χ0v) is 15.1. The summed E-state index contributed by atoms with van der Waals surface area (Å²) in [5.41, 5.74) is 2.50. The predicted octanol–water partition coefficient (Wildman–Crippen LogP) is 2.78. The smallest absolute Gasteiger partial charge is 0.240 e. The Hall–Kier alpha value is -3.39. The lowest BCUT2D eigenvalue weighted by atomic mass is 10.2.